The Bertz CT molecular complexity index is 1010. The van der Waals surface area contributed by atoms with E-state index < -0.39 is 42.3 Å². The molecular formula is C25H28F2N2O5. The van der Waals surface area contributed by atoms with E-state index in [1.165, 1.54) is 13.8 Å². The number of carboxylic acids is 1. The Balaban J connectivity index is 1.60. The molecule has 0 saturated carbocycles. The van der Waals surface area contributed by atoms with Crippen molar-refractivity contribution in [2.45, 2.75) is 45.1 Å². The zero-order valence-electron chi connectivity index (χ0n) is 19.0. The first-order chi connectivity index (χ1) is 16.1. The zero-order chi connectivity index (χ0) is 24.9. The summed E-state index contributed by atoms with van der Waals surface area (Å²) in [5.41, 5.74) is 3.00. The van der Waals surface area contributed by atoms with Gasteiger partial charge in [-0.25, -0.2) is 13.6 Å². The van der Waals surface area contributed by atoms with Gasteiger partial charge in [-0.05, 0) is 42.5 Å². The van der Waals surface area contributed by atoms with Crippen molar-refractivity contribution < 1.29 is 33.0 Å². The van der Waals surface area contributed by atoms with Crippen LogP contribution in [0.4, 0.5) is 13.6 Å². The number of amides is 2. The fraction of sp³-hybridized carbons (Fsp3) is 0.400. The van der Waals surface area contributed by atoms with Crippen LogP contribution in [0.25, 0.3) is 11.1 Å². The minimum absolute atomic E-state index is 0.0182. The third-order valence-corrected chi connectivity index (χ3v) is 5.99. The number of halogens is 2. The van der Waals surface area contributed by atoms with Gasteiger partial charge in [0.2, 0.25) is 12.3 Å². The molecule has 182 valence electrons. The maximum Gasteiger partial charge on any atom is 0.407 e. The lowest BCUT2D eigenvalue weighted by molar-refractivity contribution is -0.147. The number of carbonyl (C=O) groups is 3. The number of hydrogen-bond acceptors (Lipinski definition) is 4. The summed E-state index contributed by atoms with van der Waals surface area (Å²) in [6, 6.07) is 14.0. The highest BCUT2D eigenvalue weighted by molar-refractivity contribution is 5.86. The van der Waals surface area contributed by atoms with Crippen LogP contribution in [0, 0.1) is 5.41 Å². The number of alkyl carbamates (subject to hydrolysis) is 1. The molecule has 0 radical (unpaired) electrons. The predicted octanol–water partition coefficient (Wildman–Crippen LogP) is 4.17. The van der Waals surface area contributed by atoms with E-state index in [0.717, 1.165) is 22.3 Å². The first-order valence-corrected chi connectivity index (χ1v) is 11.0. The van der Waals surface area contributed by atoms with Crippen LogP contribution in [0.1, 0.15) is 43.7 Å². The van der Waals surface area contributed by atoms with Gasteiger partial charge < -0.3 is 20.5 Å². The number of carboxylic acid groups (broad SMARTS) is 1. The summed E-state index contributed by atoms with van der Waals surface area (Å²) in [6.07, 6.45) is -4.60. The Kier molecular flexibility index (Phi) is 7.86. The number of rotatable bonds is 10. The van der Waals surface area contributed by atoms with Crippen LogP contribution in [-0.2, 0) is 14.3 Å². The lowest BCUT2D eigenvalue weighted by atomic mass is 9.89. The highest BCUT2D eigenvalue weighted by Crippen LogP contribution is 2.44. The van der Waals surface area contributed by atoms with Crippen LogP contribution < -0.4 is 10.6 Å². The van der Waals surface area contributed by atoms with Crippen LogP contribution in [0.15, 0.2) is 48.5 Å². The molecule has 2 amide bonds. The van der Waals surface area contributed by atoms with Gasteiger partial charge in [-0.1, -0.05) is 48.5 Å². The van der Waals surface area contributed by atoms with E-state index in [4.69, 9.17) is 9.84 Å². The highest BCUT2D eigenvalue weighted by Gasteiger charge is 2.31. The Labute approximate surface area is 196 Å². The average molecular weight is 475 g/mol. The number of hydrogen-bond donors (Lipinski definition) is 3. The van der Waals surface area contributed by atoms with Crippen molar-refractivity contribution in [1.82, 2.24) is 10.6 Å². The summed E-state index contributed by atoms with van der Waals surface area (Å²) >= 11 is 0. The molecule has 0 saturated heterocycles. The van der Waals surface area contributed by atoms with E-state index in [1.54, 1.807) is 0 Å². The van der Waals surface area contributed by atoms with Gasteiger partial charge in [0.15, 0.2) is 0 Å². The molecule has 1 aliphatic rings. The molecule has 0 heterocycles. The number of alkyl halides is 2. The molecule has 0 bridgehead atoms. The molecule has 3 rings (SSSR count). The largest absolute Gasteiger partial charge is 0.481 e. The number of carbonyl (C=O) groups excluding carboxylic acids is 2. The average Bonchev–Trinajstić information content (AvgIpc) is 3.10. The summed E-state index contributed by atoms with van der Waals surface area (Å²) in [5.74, 6) is -2.07. The highest BCUT2D eigenvalue weighted by atomic mass is 19.3. The Morgan fingerprint density at radius 1 is 1.03 bits per heavy atom. The summed E-state index contributed by atoms with van der Waals surface area (Å²) in [7, 11) is 0. The van der Waals surface area contributed by atoms with Gasteiger partial charge in [-0.2, -0.15) is 0 Å². The van der Waals surface area contributed by atoms with Crippen molar-refractivity contribution in [2.24, 2.45) is 5.41 Å². The van der Waals surface area contributed by atoms with E-state index >= 15 is 0 Å². The van der Waals surface area contributed by atoms with Gasteiger partial charge in [0.25, 0.3) is 0 Å². The Hall–Kier alpha value is -3.49. The Morgan fingerprint density at radius 3 is 2.12 bits per heavy atom. The fourth-order valence-electron chi connectivity index (χ4n) is 3.92. The second-order valence-electron chi connectivity index (χ2n) is 8.88. The molecule has 9 heteroatoms. The predicted molar refractivity (Wildman–Crippen MR) is 122 cm³/mol. The lowest BCUT2D eigenvalue weighted by Gasteiger charge is -2.22. The van der Waals surface area contributed by atoms with Crippen LogP contribution in [0.2, 0.25) is 0 Å². The number of benzene rings is 2. The lowest BCUT2D eigenvalue weighted by Crippen LogP contribution is -2.48. The number of fused-ring (bicyclic) bond motifs is 3. The third kappa shape index (κ3) is 5.89. The zero-order valence-corrected chi connectivity index (χ0v) is 19.0. The first kappa shape index (κ1) is 25.1. The SMILES string of the molecule is CC(C)(CCNC(=O)C(CC(F)F)NC(=O)OCC1c2ccccc2-c2ccccc21)C(=O)O. The molecule has 0 aromatic heterocycles. The van der Waals surface area contributed by atoms with Crippen molar-refractivity contribution >= 4 is 18.0 Å². The second-order valence-corrected chi connectivity index (χ2v) is 8.88. The number of aliphatic carboxylic acids is 1. The molecule has 0 aliphatic heterocycles. The van der Waals surface area contributed by atoms with E-state index in [0.29, 0.717) is 0 Å². The smallest absolute Gasteiger partial charge is 0.407 e. The quantitative estimate of drug-likeness (QED) is 0.480. The molecular weight excluding hydrogens is 446 g/mol. The standard InChI is InChI=1S/C25H28F2N2O5/c1-25(2,23(31)32)11-12-28-22(30)20(13-21(26)27)29-24(33)34-14-19-17-9-5-3-7-15(17)16-8-4-6-10-18(16)19/h3-10,19-21H,11-14H2,1-2H3,(H,28,30)(H,29,33)(H,31,32). The van der Waals surface area contributed by atoms with Crippen molar-refractivity contribution in [3.63, 3.8) is 0 Å². The molecule has 1 atom stereocenters. The molecule has 2 aromatic rings. The van der Waals surface area contributed by atoms with Crippen LogP contribution in [0.3, 0.4) is 0 Å². The van der Waals surface area contributed by atoms with E-state index in [2.05, 4.69) is 10.6 Å². The minimum Gasteiger partial charge on any atom is -0.481 e. The molecule has 0 spiro atoms. The van der Waals surface area contributed by atoms with Crippen LogP contribution in [0.5, 0.6) is 0 Å². The fourth-order valence-corrected chi connectivity index (χ4v) is 3.92. The summed E-state index contributed by atoms with van der Waals surface area (Å²) in [4.78, 5) is 36.0. The monoisotopic (exact) mass is 474 g/mol. The summed E-state index contributed by atoms with van der Waals surface area (Å²) < 4.78 is 31.4. The van der Waals surface area contributed by atoms with Crippen molar-refractivity contribution in [1.29, 1.82) is 0 Å². The van der Waals surface area contributed by atoms with Crippen molar-refractivity contribution in [3.05, 3.63) is 59.7 Å². The second kappa shape index (κ2) is 10.6. The van der Waals surface area contributed by atoms with Crippen molar-refractivity contribution in [2.75, 3.05) is 13.2 Å². The Morgan fingerprint density at radius 2 is 1.59 bits per heavy atom. The maximum atomic E-state index is 13.0. The van der Waals surface area contributed by atoms with Crippen LogP contribution in [-0.4, -0.2) is 48.7 Å². The number of ether oxygens (including phenoxy) is 1. The maximum absolute atomic E-state index is 13.0. The van der Waals surface area contributed by atoms with Crippen LogP contribution >= 0.6 is 0 Å². The minimum atomic E-state index is -2.83. The molecule has 2 aromatic carbocycles. The molecule has 0 fully saturated rings. The molecule has 1 aliphatic carbocycles. The molecule has 34 heavy (non-hydrogen) atoms. The normalized spacial score (nSPS) is 13.7. The van der Waals surface area contributed by atoms with E-state index in [-0.39, 0.29) is 25.5 Å². The van der Waals surface area contributed by atoms with Crippen molar-refractivity contribution in [3.8, 4) is 11.1 Å². The van der Waals surface area contributed by atoms with Gasteiger partial charge >= 0.3 is 12.1 Å². The summed E-state index contributed by atoms with van der Waals surface area (Å²) in [5, 5.41) is 13.8. The van der Waals surface area contributed by atoms with E-state index in [9.17, 15) is 23.2 Å². The molecule has 7 nitrogen and oxygen atoms in total. The van der Waals surface area contributed by atoms with Gasteiger partial charge in [-0.15, -0.1) is 0 Å². The summed E-state index contributed by atoms with van der Waals surface area (Å²) in [6.45, 7) is 2.93. The van der Waals surface area contributed by atoms with E-state index in [1.807, 2.05) is 48.5 Å². The van der Waals surface area contributed by atoms with Gasteiger partial charge in [0.05, 0.1) is 5.41 Å². The topological polar surface area (TPSA) is 105 Å². The van der Waals surface area contributed by atoms with Gasteiger partial charge in [0, 0.05) is 18.9 Å². The number of nitrogens with one attached hydrogen (secondary N) is 2. The first-order valence-electron chi connectivity index (χ1n) is 11.0. The third-order valence-electron chi connectivity index (χ3n) is 5.99. The van der Waals surface area contributed by atoms with Gasteiger partial charge in [0.1, 0.15) is 12.6 Å². The van der Waals surface area contributed by atoms with Gasteiger partial charge in [-0.3, -0.25) is 9.59 Å². The molecule has 1 unspecified atom stereocenters. The molecule has 3 N–H and O–H groups in total.